The molecule has 0 saturated carbocycles. The lowest BCUT2D eigenvalue weighted by Gasteiger charge is -2.11. The van der Waals surface area contributed by atoms with Gasteiger partial charge in [0.2, 0.25) is 5.89 Å². The minimum Gasteiger partial charge on any atom is -0.444 e. The second kappa shape index (κ2) is 12.6. The van der Waals surface area contributed by atoms with Crippen molar-refractivity contribution >= 4 is 39.8 Å². The van der Waals surface area contributed by atoms with Crippen molar-refractivity contribution in [2.45, 2.75) is 25.6 Å². The van der Waals surface area contributed by atoms with Crippen LogP contribution in [0.3, 0.4) is 0 Å². The number of halogens is 1. The number of aryl methyl sites for hydroxylation is 1. The van der Waals surface area contributed by atoms with Gasteiger partial charge in [0.15, 0.2) is 15.8 Å². The summed E-state index contributed by atoms with van der Waals surface area (Å²) in [7, 11) is -1.47. The van der Waals surface area contributed by atoms with Gasteiger partial charge in [-0.2, -0.15) is 0 Å². The lowest BCUT2D eigenvalue weighted by Crippen LogP contribution is -2.37. The summed E-state index contributed by atoms with van der Waals surface area (Å²) in [5.74, 6) is 1.34. The third-order valence-electron chi connectivity index (χ3n) is 4.66. The van der Waals surface area contributed by atoms with Crippen LogP contribution in [0.25, 0.3) is 11.5 Å². The molecule has 32 heavy (non-hydrogen) atoms. The fraction of sp³-hybridized carbons (Fsp3) is 0.304. The number of nitrogens with one attached hydrogen (secondary N) is 2. The first-order valence-electron chi connectivity index (χ1n) is 10.2. The number of guanidine groups is 1. The number of hydrogen-bond donors (Lipinski definition) is 2. The van der Waals surface area contributed by atoms with Crippen LogP contribution in [0.15, 0.2) is 70.3 Å². The first kappa shape index (κ1) is 25.9. The molecule has 0 bridgehead atoms. The van der Waals surface area contributed by atoms with Crippen LogP contribution in [0.5, 0.6) is 0 Å². The highest BCUT2D eigenvalue weighted by atomic mass is 127. The molecule has 0 unspecified atom stereocenters. The number of aromatic nitrogens is 1. The van der Waals surface area contributed by atoms with E-state index in [1.54, 1.807) is 13.3 Å². The van der Waals surface area contributed by atoms with E-state index in [1.807, 2.05) is 61.5 Å². The van der Waals surface area contributed by atoms with Gasteiger partial charge in [-0.05, 0) is 31.0 Å². The largest absolute Gasteiger partial charge is 0.444 e. The molecule has 0 aliphatic rings. The molecule has 2 N–H and O–H groups in total. The Kier molecular flexibility index (Phi) is 10.2. The van der Waals surface area contributed by atoms with Crippen molar-refractivity contribution in [2.75, 3.05) is 19.3 Å². The Labute approximate surface area is 206 Å². The van der Waals surface area contributed by atoms with Gasteiger partial charge in [0.05, 0.1) is 23.7 Å². The van der Waals surface area contributed by atoms with E-state index in [1.165, 1.54) is 5.56 Å². The van der Waals surface area contributed by atoms with E-state index >= 15 is 0 Å². The lowest BCUT2D eigenvalue weighted by molar-refractivity contribution is 0.572. The number of hydrogen-bond acceptors (Lipinski definition) is 5. The Bertz CT molecular complexity index is 1100. The second-order valence-electron chi connectivity index (χ2n) is 7.29. The maximum absolute atomic E-state index is 12.3. The van der Waals surface area contributed by atoms with Crippen molar-refractivity contribution in [3.63, 3.8) is 0 Å². The molecule has 2 aromatic carbocycles. The van der Waals surface area contributed by atoms with E-state index in [0.717, 1.165) is 16.8 Å². The molecule has 0 radical (unpaired) electrons. The van der Waals surface area contributed by atoms with Crippen LogP contribution in [0.2, 0.25) is 0 Å². The third kappa shape index (κ3) is 8.27. The van der Waals surface area contributed by atoms with Crippen molar-refractivity contribution in [1.82, 2.24) is 15.6 Å². The van der Waals surface area contributed by atoms with Gasteiger partial charge < -0.3 is 15.1 Å². The summed E-state index contributed by atoms with van der Waals surface area (Å²) < 4.78 is 30.1. The Morgan fingerprint density at radius 2 is 1.78 bits per heavy atom. The van der Waals surface area contributed by atoms with Gasteiger partial charge in [0, 0.05) is 19.2 Å². The third-order valence-corrected chi connectivity index (χ3v) is 6.35. The predicted octanol–water partition coefficient (Wildman–Crippen LogP) is 3.94. The average Bonchev–Trinajstić information content (AvgIpc) is 3.23. The lowest BCUT2D eigenvalue weighted by atomic mass is 10.1. The molecule has 0 saturated heterocycles. The highest BCUT2D eigenvalue weighted by Crippen LogP contribution is 2.19. The number of sulfone groups is 1. The van der Waals surface area contributed by atoms with Crippen LogP contribution in [-0.2, 0) is 22.1 Å². The van der Waals surface area contributed by atoms with Crippen LogP contribution in [-0.4, -0.2) is 38.7 Å². The van der Waals surface area contributed by atoms with Crippen molar-refractivity contribution in [1.29, 1.82) is 0 Å². The van der Waals surface area contributed by atoms with Crippen LogP contribution in [0.1, 0.15) is 23.2 Å². The van der Waals surface area contributed by atoms with Crippen molar-refractivity contribution in [3.8, 4) is 11.5 Å². The summed E-state index contributed by atoms with van der Waals surface area (Å²) in [6.07, 6.45) is 2.11. The summed E-state index contributed by atoms with van der Waals surface area (Å²) >= 11 is 0. The van der Waals surface area contributed by atoms with Crippen molar-refractivity contribution < 1.29 is 12.8 Å². The molecule has 0 aliphatic carbocycles. The van der Waals surface area contributed by atoms with Gasteiger partial charge in [-0.3, -0.25) is 4.99 Å². The van der Waals surface area contributed by atoms with Crippen LogP contribution >= 0.6 is 24.0 Å². The zero-order valence-corrected chi connectivity index (χ0v) is 21.4. The van der Waals surface area contributed by atoms with Gasteiger partial charge in [-0.1, -0.05) is 48.0 Å². The maximum atomic E-state index is 12.3. The number of benzene rings is 2. The van der Waals surface area contributed by atoms with Gasteiger partial charge in [0.1, 0.15) is 6.26 Å². The number of oxazole rings is 1. The molecular weight excluding hydrogens is 539 g/mol. The van der Waals surface area contributed by atoms with Gasteiger partial charge in [-0.25, -0.2) is 13.4 Å². The molecule has 0 atom stereocenters. The highest BCUT2D eigenvalue weighted by Gasteiger charge is 2.12. The SMILES string of the molecule is CN=C(NCCCS(=O)(=O)Cc1ccccc1)NCc1coc(-c2ccc(C)cc2)n1.I. The average molecular weight is 568 g/mol. The van der Waals surface area contributed by atoms with E-state index in [4.69, 9.17) is 4.42 Å². The molecule has 172 valence electrons. The molecule has 3 rings (SSSR count). The van der Waals surface area contributed by atoms with Crippen LogP contribution < -0.4 is 10.6 Å². The standard InChI is InChI=1S/C23H28N4O3S.HI/c1-18-9-11-20(12-10-18)22-27-21(16-30-22)15-26-23(24-2)25-13-6-14-31(28,29)17-19-7-4-3-5-8-19;/h3-5,7-12,16H,6,13-15,17H2,1-2H3,(H2,24,25,26);1H. The van der Waals surface area contributed by atoms with Crippen molar-refractivity contribution in [3.05, 3.63) is 77.7 Å². The summed E-state index contributed by atoms with van der Waals surface area (Å²) in [6, 6.07) is 17.2. The first-order chi connectivity index (χ1) is 14.9. The molecule has 0 spiro atoms. The minimum absolute atomic E-state index is 0. The molecule has 0 aliphatic heterocycles. The molecular formula is C23H29IN4O3S. The van der Waals surface area contributed by atoms with Gasteiger partial charge >= 0.3 is 0 Å². The molecule has 3 aromatic rings. The van der Waals surface area contributed by atoms with E-state index in [0.29, 0.717) is 31.4 Å². The van der Waals surface area contributed by atoms with Crippen LogP contribution in [0.4, 0.5) is 0 Å². The van der Waals surface area contributed by atoms with E-state index in [9.17, 15) is 8.42 Å². The van der Waals surface area contributed by atoms with E-state index in [2.05, 4.69) is 20.6 Å². The molecule has 0 fully saturated rings. The molecule has 0 amide bonds. The Morgan fingerprint density at radius 1 is 1.06 bits per heavy atom. The maximum Gasteiger partial charge on any atom is 0.226 e. The highest BCUT2D eigenvalue weighted by molar-refractivity contribution is 14.0. The quantitative estimate of drug-likeness (QED) is 0.176. The zero-order valence-electron chi connectivity index (χ0n) is 18.2. The Morgan fingerprint density at radius 3 is 2.47 bits per heavy atom. The fourth-order valence-electron chi connectivity index (χ4n) is 3.01. The Balaban J connectivity index is 0.00000363. The molecule has 1 aromatic heterocycles. The fourth-order valence-corrected chi connectivity index (χ4v) is 4.44. The number of aliphatic imine (C=N–C) groups is 1. The number of nitrogens with zero attached hydrogens (tertiary/aromatic N) is 2. The Hall–Kier alpha value is -2.40. The zero-order chi connectivity index (χ0) is 22.1. The monoisotopic (exact) mass is 568 g/mol. The van der Waals surface area contributed by atoms with Crippen molar-refractivity contribution in [2.24, 2.45) is 4.99 Å². The minimum atomic E-state index is -3.14. The molecule has 7 nitrogen and oxygen atoms in total. The topological polar surface area (TPSA) is 96.6 Å². The normalized spacial score (nSPS) is 11.6. The summed E-state index contributed by atoms with van der Waals surface area (Å²) in [4.78, 5) is 8.66. The molecule has 9 heteroatoms. The molecule has 1 heterocycles. The number of rotatable bonds is 9. The van der Waals surface area contributed by atoms with Gasteiger partial charge in [-0.15, -0.1) is 24.0 Å². The summed E-state index contributed by atoms with van der Waals surface area (Å²) in [5, 5.41) is 6.30. The predicted molar refractivity (Wildman–Crippen MR) is 139 cm³/mol. The van der Waals surface area contributed by atoms with E-state index in [-0.39, 0.29) is 35.5 Å². The van der Waals surface area contributed by atoms with Crippen LogP contribution in [0, 0.1) is 6.92 Å². The summed E-state index contributed by atoms with van der Waals surface area (Å²) in [6.45, 7) is 2.98. The first-order valence-corrected chi connectivity index (χ1v) is 12.0. The van der Waals surface area contributed by atoms with E-state index < -0.39 is 9.84 Å². The second-order valence-corrected chi connectivity index (χ2v) is 9.48. The van der Waals surface area contributed by atoms with Gasteiger partial charge in [0.25, 0.3) is 0 Å². The summed E-state index contributed by atoms with van der Waals surface area (Å²) in [5.41, 5.74) is 3.67. The smallest absolute Gasteiger partial charge is 0.226 e.